The molecule has 0 spiro atoms. The first-order valence-corrected chi connectivity index (χ1v) is 11.4. The first kappa shape index (κ1) is 20.5. The lowest BCUT2D eigenvalue weighted by Gasteiger charge is -2.13. The van der Waals surface area contributed by atoms with E-state index in [2.05, 4.69) is 5.32 Å². The lowest BCUT2D eigenvalue weighted by atomic mass is 10.1. The zero-order valence-corrected chi connectivity index (χ0v) is 17.1. The molecule has 1 heterocycles. The average molecular weight is 423 g/mol. The molecule has 0 bridgehead atoms. The Kier molecular flexibility index (Phi) is 6.17. The zero-order chi connectivity index (χ0) is 20.3. The average Bonchev–Trinajstić information content (AvgIpc) is 2.92. The summed E-state index contributed by atoms with van der Waals surface area (Å²) in [6.07, 6.45) is 4.43. The predicted molar refractivity (Wildman–Crippen MR) is 107 cm³/mol. The fraction of sp³-hybridized carbons (Fsp3) is 0.368. The third kappa shape index (κ3) is 4.98. The molecule has 9 heteroatoms. The van der Waals surface area contributed by atoms with Crippen LogP contribution in [0.2, 0.25) is 0 Å². The van der Waals surface area contributed by atoms with Gasteiger partial charge in [0.2, 0.25) is 10.0 Å². The Morgan fingerprint density at radius 3 is 2.50 bits per heavy atom. The monoisotopic (exact) mass is 422 g/mol. The Morgan fingerprint density at radius 1 is 1.14 bits per heavy atom. The van der Waals surface area contributed by atoms with Crippen LogP contribution in [0.3, 0.4) is 0 Å². The highest BCUT2D eigenvalue weighted by Gasteiger charge is 2.22. The number of amides is 1. The number of thiophene rings is 1. The largest absolute Gasteiger partial charge is 0.448 e. The summed E-state index contributed by atoms with van der Waals surface area (Å²) in [5.74, 6) is -1.01. The highest BCUT2D eigenvalue weighted by molar-refractivity contribution is 7.89. The highest BCUT2D eigenvalue weighted by atomic mass is 32.2. The van der Waals surface area contributed by atoms with E-state index in [4.69, 9.17) is 9.88 Å². The number of benzene rings is 1. The molecule has 1 aliphatic rings. The molecule has 28 heavy (non-hydrogen) atoms. The third-order valence-electron chi connectivity index (χ3n) is 4.55. The molecule has 1 aliphatic carbocycles. The Balaban J connectivity index is 1.60. The number of esters is 1. The number of nitrogens with two attached hydrogens (primary N) is 1. The van der Waals surface area contributed by atoms with Crippen molar-refractivity contribution in [3.8, 4) is 0 Å². The van der Waals surface area contributed by atoms with Crippen LogP contribution in [0.25, 0.3) is 0 Å². The molecule has 1 unspecified atom stereocenters. The van der Waals surface area contributed by atoms with Crippen LogP contribution >= 0.6 is 11.3 Å². The summed E-state index contributed by atoms with van der Waals surface area (Å²) in [4.78, 5) is 26.4. The molecule has 1 amide bonds. The number of carbonyl (C=O) groups excluding carboxylic acids is 2. The minimum Gasteiger partial charge on any atom is -0.448 e. The lowest BCUT2D eigenvalue weighted by molar-refractivity contribution is -0.123. The van der Waals surface area contributed by atoms with Gasteiger partial charge in [0.1, 0.15) is 4.88 Å². The van der Waals surface area contributed by atoms with Gasteiger partial charge in [-0.3, -0.25) is 4.79 Å². The summed E-state index contributed by atoms with van der Waals surface area (Å²) < 4.78 is 27.8. The van der Waals surface area contributed by atoms with E-state index < -0.39 is 28.0 Å². The van der Waals surface area contributed by atoms with Crippen LogP contribution in [0.1, 0.15) is 46.3 Å². The standard InChI is InChI=1S/C19H22N2O5S2/c1-12(18(22)21-14-7-9-15(10-8-14)28(20,24)25)26-19(23)17-11-13-5-3-2-4-6-16(13)27-17/h7-12H,2-6H2,1H3,(H,21,22)(H2,20,24,25). The molecule has 1 aromatic carbocycles. The van der Waals surface area contributed by atoms with Crippen molar-refractivity contribution in [2.75, 3.05) is 5.32 Å². The minimum atomic E-state index is -3.80. The summed E-state index contributed by atoms with van der Waals surface area (Å²) in [5, 5.41) is 7.63. The number of nitrogens with one attached hydrogen (secondary N) is 1. The second-order valence-electron chi connectivity index (χ2n) is 6.73. The van der Waals surface area contributed by atoms with E-state index in [1.165, 1.54) is 59.4 Å². The summed E-state index contributed by atoms with van der Waals surface area (Å²) >= 11 is 1.44. The topological polar surface area (TPSA) is 116 Å². The van der Waals surface area contributed by atoms with E-state index in [-0.39, 0.29) is 4.90 Å². The van der Waals surface area contributed by atoms with Gasteiger partial charge in [-0.25, -0.2) is 18.4 Å². The van der Waals surface area contributed by atoms with E-state index in [1.807, 2.05) is 6.07 Å². The van der Waals surface area contributed by atoms with Gasteiger partial charge >= 0.3 is 5.97 Å². The van der Waals surface area contributed by atoms with Crippen LogP contribution in [-0.4, -0.2) is 26.4 Å². The molecule has 0 saturated heterocycles. The van der Waals surface area contributed by atoms with Gasteiger partial charge in [0.25, 0.3) is 5.91 Å². The number of primary sulfonamides is 1. The summed E-state index contributed by atoms with van der Waals surface area (Å²) in [5.41, 5.74) is 1.59. The molecular weight excluding hydrogens is 400 g/mol. The van der Waals surface area contributed by atoms with E-state index in [0.29, 0.717) is 10.6 Å². The normalized spacial score (nSPS) is 15.2. The third-order valence-corrected chi connectivity index (χ3v) is 6.70. The van der Waals surface area contributed by atoms with E-state index in [0.717, 1.165) is 25.7 Å². The molecule has 1 atom stereocenters. The number of aryl methyl sites for hydroxylation is 2. The lowest BCUT2D eigenvalue weighted by Crippen LogP contribution is -2.29. The molecular formula is C19H22N2O5S2. The summed E-state index contributed by atoms with van der Waals surface area (Å²) in [7, 11) is -3.80. The SMILES string of the molecule is CC(OC(=O)c1cc2c(s1)CCCCC2)C(=O)Nc1ccc(S(N)(=O)=O)cc1. The number of anilines is 1. The smallest absolute Gasteiger partial charge is 0.349 e. The first-order chi connectivity index (χ1) is 13.2. The van der Waals surface area contributed by atoms with E-state index in [1.54, 1.807) is 0 Å². The summed E-state index contributed by atoms with van der Waals surface area (Å²) in [6, 6.07) is 7.30. The van der Waals surface area contributed by atoms with Gasteiger partial charge in [-0.2, -0.15) is 0 Å². The van der Waals surface area contributed by atoms with Crippen molar-refractivity contribution in [3.63, 3.8) is 0 Å². The van der Waals surface area contributed by atoms with Crippen molar-refractivity contribution in [1.82, 2.24) is 0 Å². The molecule has 0 radical (unpaired) electrons. The summed E-state index contributed by atoms with van der Waals surface area (Å²) in [6.45, 7) is 1.49. The molecule has 7 nitrogen and oxygen atoms in total. The Labute approximate surface area is 167 Å². The van der Waals surface area contributed by atoms with Crippen LogP contribution in [0, 0.1) is 0 Å². The molecule has 150 valence electrons. The molecule has 2 aromatic rings. The molecule has 0 aliphatic heterocycles. The van der Waals surface area contributed by atoms with E-state index >= 15 is 0 Å². The number of hydrogen-bond donors (Lipinski definition) is 2. The minimum absolute atomic E-state index is 0.0533. The first-order valence-electron chi connectivity index (χ1n) is 9.00. The van der Waals surface area contributed by atoms with Gasteiger partial charge in [0.15, 0.2) is 6.10 Å². The molecule has 3 rings (SSSR count). The van der Waals surface area contributed by atoms with Crippen LogP contribution in [0.15, 0.2) is 35.2 Å². The van der Waals surface area contributed by atoms with Crippen LogP contribution < -0.4 is 10.5 Å². The Hall–Kier alpha value is -2.23. The quantitative estimate of drug-likeness (QED) is 0.568. The number of fused-ring (bicyclic) bond motifs is 1. The predicted octanol–water partition coefficient (Wildman–Crippen LogP) is 2.85. The van der Waals surface area contributed by atoms with Gasteiger partial charge in [0, 0.05) is 10.6 Å². The maximum Gasteiger partial charge on any atom is 0.349 e. The number of rotatable bonds is 5. The van der Waals surface area contributed by atoms with Crippen molar-refractivity contribution in [1.29, 1.82) is 0 Å². The molecule has 1 aromatic heterocycles. The molecule has 0 saturated carbocycles. The Bertz CT molecular complexity index is 957. The van der Waals surface area contributed by atoms with Gasteiger partial charge in [-0.15, -0.1) is 11.3 Å². The molecule has 3 N–H and O–H groups in total. The number of sulfonamides is 1. The van der Waals surface area contributed by atoms with Crippen molar-refractivity contribution in [3.05, 3.63) is 45.6 Å². The fourth-order valence-corrected chi connectivity index (χ4v) is 4.66. The van der Waals surface area contributed by atoms with Crippen molar-refractivity contribution in [2.24, 2.45) is 5.14 Å². The van der Waals surface area contributed by atoms with Crippen molar-refractivity contribution < 1.29 is 22.7 Å². The second-order valence-corrected chi connectivity index (χ2v) is 9.42. The van der Waals surface area contributed by atoms with E-state index in [9.17, 15) is 18.0 Å². The van der Waals surface area contributed by atoms with Crippen LogP contribution in [0.4, 0.5) is 5.69 Å². The number of ether oxygens (including phenoxy) is 1. The molecule has 0 fully saturated rings. The van der Waals surface area contributed by atoms with Crippen molar-refractivity contribution >= 4 is 38.9 Å². The number of carbonyl (C=O) groups is 2. The van der Waals surface area contributed by atoms with Gasteiger partial charge in [-0.05, 0) is 68.5 Å². The maximum atomic E-state index is 12.4. The van der Waals surface area contributed by atoms with Gasteiger partial charge in [0.05, 0.1) is 4.90 Å². The maximum absolute atomic E-state index is 12.4. The Morgan fingerprint density at radius 2 is 1.82 bits per heavy atom. The van der Waals surface area contributed by atoms with Crippen LogP contribution in [0.5, 0.6) is 0 Å². The van der Waals surface area contributed by atoms with Gasteiger partial charge < -0.3 is 10.1 Å². The van der Waals surface area contributed by atoms with Crippen molar-refractivity contribution in [2.45, 2.75) is 50.0 Å². The van der Waals surface area contributed by atoms with Crippen LogP contribution in [-0.2, 0) is 32.4 Å². The zero-order valence-electron chi connectivity index (χ0n) is 15.4. The highest BCUT2D eigenvalue weighted by Crippen LogP contribution is 2.29. The van der Waals surface area contributed by atoms with Gasteiger partial charge in [-0.1, -0.05) is 6.42 Å². The number of hydrogen-bond acceptors (Lipinski definition) is 6. The fourth-order valence-electron chi connectivity index (χ4n) is 3.01. The second kappa shape index (κ2) is 8.42.